The van der Waals surface area contributed by atoms with Crippen molar-refractivity contribution in [3.63, 3.8) is 0 Å². The first kappa shape index (κ1) is 19.3. The third-order valence-corrected chi connectivity index (χ3v) is 5.68. The van der Waals surface area contributed by atoms with E-state index in [1.54, 1.807) is 16.9 Å². The lowest BCUT2D eigenvalue weighted by atomic mass is 10.1. The molecule has 1 amide bonds. The molecule has 5 rings (SSSR count). The number of rotatable bonds is 4. The minimum atomic E-state index is -0.149. The molecule has 0 fully saturated rings. The van der Waals surface area contributed by atoms with E-state index < -0.39 is 0 Å². The van der Waals surface area contributed by atoms with Crippen molar-refractivity contribution in [2.45, 2.75) is 0 Å². The van der Waals surface area contributed by atoms with Crippen molar-refractivity contribution in [1.29, 1.82) is 0 Å². The maximum atomic E-state index is 12.7. The zero-order valence-corrected chi connectivity index (χ0v) is 18.3. The average Bonchev–Trinajstić information content (AvgIpc) is 3.23. The SMILES string of the molecule is O=C(Nc1cccc(-c2ccc3nnc(-c4ccncc4)n3n2)c1)c1ccccc1I. The third kappa shape index (κ3) is 3.89. The number of pyridine rings is 1. The van der Waals surface area contributed by atoms with Gasteiger partial charge in [0.15, 0.2) is 11.5 Å². The zero-order valence-electron chi connectivity index (χ0n) is 16.1. The molecule has 0 saturated carbocycles. The van der Waals surface area contributed by atoms with Gasteiger partial charge in [0.25, 0.3) is 5.91 Å². The average molecular weight is 518 g/mol. The Kier molecular flexibility index (Phi) is 5.13. The Morgan fingerprint density at radius 3 is 2.55 bits per heavy atom. The number of hydrogen-bond donors (Lipinski definition) is 1. The van der Waals surface area contributed by atoms with E-state index in [1.807, 2.05) is 72.8 Å². The van der Waals surface area contributed by atoms with Crippen LogP contribution in [0.3, 0.4) is 0 Å². The Balaban J connectivity index is 1.48. The molecule has 0 aliphatic carbocycles. The van der Waals surface area contributed by atoms with E-state index in [0.717, 1.165) is 20.4 Å². The molecule has 0 saturated heterocycles. The third-order valence-electron chi connectivity index (χ3n) is 4.74. The molecule has 0 aliphatic rings. The van der Waals surface area contributed by atoms with Crippen molar-refractivity contribution < 1.29 is 4.79 Å². The van der Waals surface area contributed by atoms with Gasteiger partial charge in [0.1, 0.15) is 0 Å². The van der Waals surface area contributed by atoms with Crippen molar-refractivity contribution in [3.05, 3.63) is 94.3 Å². The van der Waals surface area contributed by atoms with Crippen LogP contribution in [0.25, 0.3) is 28.3 Å². The molecule has 3 heterocycles. The molecule has 0 radical (unpaired) electrons. The number of benzene rings is 2. The number of hydrogen-bond acceptors (Lipinski definition) is 5. The fraction of sp³-hybridized carbons (Fsp3) is 0. The molecule has 31 heavy (non-hydrogen) atoms. The maximum absolute atomic E-state index is 12.7. The standard InChI is InChI=1S/C23H15IN6O/c24-19-7-2-1-6-18(19)23(31)26-17-5-3-4-16(14-17)20-8-9-21-27-28-22(30(21)29-20)15-10-12-25-13-11-15/h1-14H,(H,26,31). The van der Waals surface area contributed by atoms with E-state index in [4.69, 9.17) is 5.10 Å². The zero-order chi connectivity index (χ0) is 21.2. The van der Waals surface area contributed by atoms with Crippen LogP contribution in [0, 0.1) is 3.57 Å². The number of nitrogens with zero attached hydrogens (tertiary/aromatic N) is 5. The summed E-state index contributed by atoms with van der Waals surface area (Å²) in [6.45, 7) is 0. The van der Waals surface area contributed by atoms with Crippen molar-refractivity contribution in [2.24, 2.45) is 0 Å². The van der Waals surface area contributed by atoms with Crippen molar-refractivity contribution >= 4 is 39.8 Å². The number of fused-ring (bicyclic) bond motifs is 1. The molecule has 0 unspecified atom stereocenters. The van der Waals surface area contributed by atoms with Crippen molar-refractivity contribution in [3.8, 4) is 22.6 Å². The first-order valence-electron chi connectivity index (χ1n) is 9.48. The van der Waals surface area contributed by atoms with E-state index in [-0.39, 0.29) is 5.91 Å². The lowest BCUT2D eigenvalue weighted by Gasteiger charge is -2.09. The molecular formula is C23H15IN6O. The monoisotopic (exact) mass is 518 g/mol. The van der Waals surface area contributed by atoms with Crippen LogP contribution < -0.4 is 5.32 Å². The molecule has 0 atom stereocenters. The molecule has 8 heteroatoms. The van der Waals surface area contributed by atoms with E-state index in [0.29, 0.717) is 22.7 Å². The van der Waals surface area contributed by atoms with Gasteiger partial charge in [-0.25, -0.2) is 0 Å². The molecule has 0 aliphatic heterocycles. The quantitative estimate of drug-likeness (QED) is 0.349. The minimum absolute atomic E-state index is 0.149. The van der Waals surface area contributed by atoms with Crippen LogP contribution >= 0.6 is 22.6 Å². The minimum Gasteiger partial charge on any atom is -0.322 e. The normalized spacial score (nSPS) is 10.9. The number of halogens is 1. The molecule has 0 bridgehead atoms. The van der Waals surface area contributed by atoms with Crippen LogP contribution in [0.2, 0.25) is 0 Å². The lowest BCUT2D eigenvalue weighted by Crippen LogP contribution is -2.13. The Morgan fingerprint density at radius 2 is 1.71 bits per heavy atom. The van der Waals surface area contributed by atoms with Crippen molar-refractivity contribution in [2.75, 3.05) is 5.32 Å². The molecule has 1 N–H and O–H groups in total. The van der Waals surface area contributed by atoms with Gasteiger partial charge in [-0.1, -0.05) is 24.3 Å². The Labute approximate surface area is 191 Å². The molecular weight excluding hydrogens is 503 g/mol. The summed E-state index contributed by atoms with van der Waals surface area (Å²) in [4.78, 5) is 16.7. The highest BCUT2D eigenvalue weighted by Crippen LogP contribution is 2.24. The summed E-state index contributed by atoms with van der Waals surface area (Å²) in [5.74, 6) is 0.492. The second-order valence-electron chi connectivity index (χ2n) is 6.76. The van der Waals surface area contributed by atoms with Gasteiger partial charge in [-0.05, 0) is 71.1 Å². The summed E-state index contributed by atoms with van der Waals surface area (Å²) in [5, 5.41) is 16.2. The maximum Gasteiger partial charge on any atom is 0.256 e. The number of nitrogens with one attached hydrogen (secondary N) is 1. The smallest absolute Gasteiger partial charge is 0.256 e. The summed E-state index contributed by atoms with van der Waals surface area (Å²) in [7, 11) is 0. The van der Waals surface area contributed by atoms with Crippen LogP contribution in [-0.2, 0) is 0 Å². The fourth-order valence-electron chi connectivity index (χ4n) is 3.22. The predicted molar refractivity (Wildman–Crippen MR) is 127 cm³/mol. The van der Waals surface area contributed by atoms with Crippen LogP contribution in [0.5, 0.6) is 0 Å². The van der Waals surface area contributed by atoms with Gasteiger partial charge in [0.05, 0.1) is 11.3 Å². The summed E-state index contributed by atoms with van der Waals surface area (Å²) < 4.78 is 2.61. The molecule has 3 aromatic heterocycles. The molecule has 2 aromatic carbocycles. The van der Waals surface area contributed by atoms with Gasteiger partial charge in [0.2, 0.25) is 0 Å². The van der Waals surface area contributed by atoms with E-state index >= 15 is 0 Å². The van der Waals surface area contributed by atoms with Gasteiger partial charge in [-0.15, -0.1) is 10.2 Å². The number of anilines is 1. The topological polar surface area (TPSA) is 85.1 Å². The van der Waals surface area contributed by atoms with Crippen LogP contribution in [-0.4, -0.2) is 30.7 Å². The Hall–Kier alpha value is -3.66. The van der Waals surface area contributed by atoms with Gasteiger partial charge < -0.3 is 5.32 Å². The second-order valence-corrected chi connectivity index (χ2v) is 7.93. The van der Waals surface area contributed by atoms with Gasteiger partial charge in [-0.3, -0.25) is 9.78 Å². The number of amides is 1. The fourth-order valence-corrected chi connectivity index (χ4v) is 3.86. The molecule has 5 aromatic rings. The highest BCUT2D eigenvalue weighted by molar-refractivity contribution is 14.1. The first-order chi connectivity index (χ1) is 15.2. The highest BCUT2D eigenvalue weighted by Gasteiger charge is 2.12. The number of aromatic nitrogens is 5. The largest absolute Gasteiger partial charge is 0.322 e. The van der Waals surface area contributed by atoms with Crippen LogP contribution in [0.4, 0.5) is 5.69 Å². The summed E-state index contributed by atoms with van der Waals surface area (Å²) in [6.07, 6.45) is 3.42. The lowest BCUT2D eigenvalue weighted by molar-refractivity contribution is 0.102. The first-order valence-corrected chi connectivity index (χ1v) is 10.6. The predicted octanol–water partition coefficient (Wildman–Crippen LogP) is 4.71. The van der Waals surface area contributed by atoms with Gasteiger partial charge in [-0.2, -0.15) is 9.61 Å². The number of carbonyl (C=O) groups excluding carboxylic acids is 1. The van der Waals surface area contributed by atoms with Gasteiger partial charge >= 0.3 is 0 Å². The van der Waals surface area contributed by atoms with E-state index in [1.165, 1.54) is 0 Å². The van der Waals surface area contributed by atoms with Crippen LogP contribution in [0.1, 0.15) is 10.4 Å². The Bertz CT molecular complexity index is 1400. The van der Waals surface area contributed by atoms with Crippen LogP contribution in [0.15, 0.2) is 85.2 Å². The molecule has 7 nitrogen and oxygen atoms in total. The van der Waals surface area contributed by atoms with Crippen molar-refractivity contribution in [1.82, 2.24) is 24.8 Å². The van der Waals surface area contributed by atoms with Gasteiger partial charge in [0, 0.05) is 32.8 Å². The summed E-state index contributed by atoms with van der Waals surface area (Å²) >= 11 is 2.16. The molecule has 150 valence electrons. The van der Waals surface area contributed by atoms with E-state index in [9.17, 15) is 4.79 Å². The van der Waals surface area contributed by atoms with E-state index in [2.05, 4.69) is 43.1 Å². The summed E-state index contributed by atoms with van der Waals surface area (Å²) in [5.41, 5.74) is 4.48. The second kappa shape index (κ2) is 8.23. The molecule has 0 spiro atoms. The Morgan fingerprint density at radius 1 is 0.871 bits per heavy atom. The highest BCUT2D eigenvalue weighted by atomic mass is 127. The summed E-state index contributed by atoms with van der Waals surface area (Å²) in [6, 6.07) is 22.6. The number of carbonyl (C=O) groups is 1.